The van der Waals surface area contributed by atoms with Crippen LogP contribution in [0.2, 0.25) is 0 Å². The van der Waals surface area contributed by atoms with E-state index in [2.05, 4.69) is 31.1 Å². The van der Waals surface area contributed by atoms with E-state index in [1.165, 1.54) is 0 Å². The van der Waals surface area contributed by atoms with Gasteiger partial charge in [-0.1, -0.05) is 6.07 Å². The highest BCUT2D eigenvalue weighted by molar-refractivity contribution is 9.10. The standard InChI is InChI=1S/C16H24BrN3O2/c1-16(2,3)22-15(21)18-10-12-6-5-9-20(11-12)14-8-4-7-13(17)19-14/h4,7-8,12H,5-6,9-11H2,1-3H3,(H,18,21). The molecule has 1 atom stereocenters. The van der Waals surface area contributed by atoms with Gasteiger partial charge >= 0.3 is 6.09 Å². The van der Waals surface area contributed by atoms with Gasteiger partial charge in [-0.25, -0.2) is 9.78 Å². The first-order valence-corrected chi connectivity index (χ1v) is 8.47. The van der Waals surface area contributed by atoms with Gasteiger partial charge in [-0.2, -0.15) is 0 Å². The van der Waals surface area contributed by atoms with Gasteiger partial charge in [0, 0.05) is 19.6 Å². The third-order valence-corrected chi connectivity index (χ3v) is 3.92. The van der Waals surface area contributed by atoms with Gasteiger partial charge in [0.25, 0.3) is 0 Å². The first-order valence-electron chi connectivity index (χ1n) is 7.68. The van der Waals surface area contributed by atoms with Crippen LogP contribution in [-0.2, 0) is 4.74 Å². The van der Waals surface area contributed by atoms with Gasteiger partial charge in [0.15, 0.2) is 0 Å². The van der Waals surface area contributed by atoms with Crippen LogP contribution in [-0.4, -0.2) is 36.3 Å². The third-order valence-electron chi connectivity index (χ3n) is 3.48. The molecule has 0 radical (unpaired) electrons. The summed E-state index contributed by atoms with van der Waals surface area (Å²) in [4.78, 5) is 18.5. The van der Waals surface area contributed by atoms with Gasteiger partial charge in [-0.3, -0.25) is 0 Å². The summed E-state index contributed by atoms with van der Waals surface area (Å²) < 4.78 is 6.12. The monoisotopic (exact) mass is 369 g/mol. The summed E-state index contributed by atoms with van der Waals surface area (Å²) >= 11 is 3.41. The average molecular weight is 370 g/mol. The van der Waals surface area contributed by atoms with Crippen molar-refractivity contribution in [2.75, 3.05) is 24.5 Å². The fourth-order valence-corrected chi connectivity index (χ4v) is 2.89. The number of pyridine rings is 1. The number of hydrogen-bond acceptors (Lipinski definition) is 4. The van der Waals surface area contributed by atoms with Crippen molar-refractivity contribution in [3.63, 3.8) is 0 Å². The molecule has 1 amide bonds. The molecular weight excluding hydrogens is 346 g/mol. The summed E-state index contributed by atoms with van der Waals surface area (Å²) in [5.41, 5.74) is -0.455. The van der Waals surface area contributed by atoms with Crippen molar-refractivity contribution in [1.29, 1.82) is 0 Å². The van der Waals surface area contributed by atoms with E-state index in [0.717, 1.165) is 36.4 Å². The van der Waals surface area contributed by atoms with Crippen molar-refractivity contribution < 1.29 is 9.53 Å². The van der Waals surface area contributed by atoms with E-state index in [1.807, 2.05) is 39.0 Å². The molecule has 1 fully saturated rings. The topological polar surface area (TPSA) is 54.5 Å². The molecule has 122 valence electrons. The van der Waals surface area contributed by atoms with Crippen molar-refractivity contribution in [1.82, 2.24) is 10.3 Å². The van der Waals surface area contributed by atoms with Crippen molar-refractivity contribution in [3.8, 4) is 0 Å². The first kappa shape index (κ1) is 17.1. The molecule has 0 aromatic carbocycles. The zero-order valence-electron chi connectivity index (χ0n) is 13.4. The van der Waals surface area contributed by atoms with Crippen LogP contribution >= 0.6 is 15.9 Å². The summed E-state index contributed by atoms with van der Waals surface area (Å²) in [7, 11) is 0. The Kier molecular flexibility index (Phi) is 5.67. The normalized spacial score (nSPS) is 18.9. The number of nitrogens with zero attached hydrogens (tertiary/aromatic N) is 2. The molecule has 1 aromatic rings. The van der Waals surface area contributed by atoms with Crippen LogP contribution < -0.4 is 10.2 Å². The second-order valence-electron chi connectivity index (χ2n) is 6.66. The molecule has 2 rings (SSSR count). The Hall–Kier alpha value is -1.30. The van der Waals surface area contributed by atoms with E-state index >= 15 is 0 Å². The number of halogens is 1. The van der Waals surface area contributed by atoms with Gasteiger partial charge in [0.05, 0.1) is 0 Å². The quantitative estimate of drug-likeness (QED) is 0.827. The van der Waals surface area contributed by atoms with Crippen molar-refractivity contribution in [2.24, 2.45) is 5.92 Å². The number of alkyl carbamates (subject to hydrolysis) is 1. The fraction of sp³-hybridized carbons (Fsp3) is 0.625. The molecule has 0 bridgehead atoms. The van der Waals surface area contributed by atoms with Crippen molar-refractivity contribution >= 4 is 27.8 Å². The summed E-state index contributed by atoms with van der Waals surface area (Å²) in [5, 5.41) is 2.87. The number of anilines is 1. The molecule has 0 spiro atoms. The highest BCUT2D eigenvalue weighted by Gasteiger charge is 2.23. The predicted octanol–water partition coefficient (Wildman–Crippen LogP) is 3.59. The van der Waals surface area contributed by atoms with Gasteiger partial charge in [0.1, 0.15) is 16.0 Å². The Morgan fingerprint density at radius 3 is 2.95 bits per heavy atom. The zero-order valence-corrected chi connectivity index (χ0v) is 15.0. The first-order chi connectivity index (χ1) is 10.3. The lowest BCUT2D eigenvalue weighted by molar-refractivity contribution is 0.0517. The number of nitrogens with one attached hydrogen (secondary N) is 1. The van der Waals surface area contributed by atoms with Crippen LogP contribution in [0.1, 0.15) is 33.6 Å². The van der Waals surface area contributed by atoms with E-state index in [1.54, 1.807) is 0 Å². The molecule has 1 saturated heterocycles. The molecule has 2 heterocycles. The van der Waals surface area contributed by atoms with Crippen molar-refractivity contribution in [3.05, 3.63) is 22.8 Å². The van der Waals surface area contributed by atoms with E-state index in [-0.39, 0.29) is 6.09 Å². The third kappa shape index (κ3) is 5.48. The molecule has 0 aliphatic carbocycles. The minimum Gasteiger partial charge on any atom is -0.444 e. The Balaban J connectivity index is 1.85. The minimum atomic E-state index is -0.455. The summed E-state index contributed by atoms with van der Waals surface area (Å²) in [6.07, 6.45) is 1.88. The largest absolute Gasteiger partial charge is 0.444 e. The Morgan fingerprint density at radius 1 is 1.50 bits per heavy atom. The number of carbonyl (C=O) groups excluding carboxylic acids is 1. The predicted molar refractivity (Wildman–Crippen MR) is 91.1 cm³/mol. The molecule has 1 aromatic heterocycles. The Morgan fingerprint density at radius 2 is 2.27 bits per heavy atom. The van der Waals surface area contributed by atoms with E-state index in [4.69, 9.17) is 4.74 Å². The number of ether oxygens (including phenoxy) is 1. The van der Waals surface area contributed by atoms with Crippen LogP contribution in [0.5, 0.6) is 0 Å². The molecule has 1 N–H and O–H groups in total. The van der Waals surface area contributed by atoms with Gasteiger partial charge < -0.3 is 15.0 Å². The second-order valence-corrected chi connectivity index (χ2v) is 7.47. The van der Waals surface area contributed by atoms with Gasteiger partial charge in [-0.05, 0) is 67.6 Å². The zero-order chi connectivity index (χ0) is 16.2. The number of rotatable bonds is 3. The smallest absolute Gasteiger partial charge is 0.407 e. The molecule has 22 heavy (non-hydrogen) atoms. The Bertz CT molecular complexity index is 516. The molecule has 1 aliphatic heterocycles. The number of aromatic nitrogens is 1. The highest BCUT2D eigenvalue weighted by Crippen LogP contribution is 2.22. The summed E-state index contributed by atoms with van der Waals surface area (Å²) in [6.45, 7) is 8.15. The average Bonchev–Trinajstić information content (AvgIpc) is 2.44. The molecule has 1 aliphatic rings. The Labute approximate surface area is 140 Å². The summed E-state index contributed by atoms with van der Waals surface area (Å²) in [6, 6.07) is 5.94. The SMILES string of the molecule is CC(C)(C)OC(=O)NCC1CCCN(c2cccc(Br)n2)C1. The molecule has 6 heteroatoms. The highest BCUT2D eigenvalue weighted by atomic mass is 79.9. The van der Waals surface area contributed by atoms with Crippen LogP contribution in [0.4, 0.5) is 10.6 Å². The molecule has 0 saturated carbocycles. The maximum atomic E-state index is 11.7. The number of carbonyl (C=O) groups is 1. The lowest BCUT2D eigenvalue weighted by Gasteiger charge is -2.33. The second kappa shape index (κ2) is 7.31. The lowest BCUT2D eigenvalue weighted by atomic mass is 9.98. The molecule has 1 unspecified atom stereocenters. The number of amides is 1. The molecule has 5 nitrogen and oxygen atoms in total. The number of piperidine rings is 1. The van der Waals surface area contributed by atoms with Gasteiger partial charge in [-0.15, -0.1) is 0 Å². The van der Waals surface area contributed by atoms with E-state index < -0.39 is 5.60 Å². The van der Waals surface area contributed by atoms with Gasteiger partial charge in [0.2, 0.25) is 0 Å². The van der Waals surface area contributed by atoms with Crippen LogP contribution in [0.25, 0.3) is 0 Å². The van der Waals surface area contributed by atoms with Crippen molar-refractivity contribution in [2.45, 2.75) is 39.2 Å². The maximum Gasteiger partial charge on any atom is 0.407 e. The lowest BCUT2D eigenvalue weighted by Crippen LogP contribution is -2.42. The maximum absolute atomic E-state index is 11.7. The molecular formula is C16H24BrN3O2. The van der Waals surface area contributed by atoms with E-state index in [9.17, 15) is 4.79 Å². The van der Waals surface area contributed by atoms with Crippen LogP contribution in [0, 0.1) is 5.92 Å². The minimum absolute atomic E-state index is 0.342. The van der Waals surface area contributed by atoms with Crippen LogP contribution in [0.3, 0.4) is 0 Å². The summed E-state index contributed by atoms with van der Waals surface area (Å²) in [5.74, 6) is 1.40. The fourth-order valence-electron chi connectivity index (χ4n) is 2.56. The van der Waals surface area contributed by atoms with E-state index in [0.29, 0.717) is 12.5 Å². The number of hydrogen-bond donors (Lipinski definition) is 1. The van der Waals surface area contributed by atoms with Crippen LogP contribution in [0.15, 0.2) is 22.8 Å².